The van der Waals surface area contributed by atoms with Gasteiger partial charge in [-0.15, -0.1) is 0 Å². The van der Waals surface area contributed by atoms with Crippen LogP contribution in [0, 0.1) is 0 Å². The largest absolute Gasteiger partial charge is 0.481 e. The van der Waals surface area contributed by atoms with E-state index in [-0.39, 0.29) is 18.8 Å². The summed E-state index contributed by atoms with van der Waals surface area (Å²) in [5.74, 6) is -0.779. The maximum Gasteiger partial charge on any atom is 0.305 e. The van der Waals surface area contributed by atoms with E-state index in [9.17, 15) is 4.79 Å². The number of rotatable bonds is 19. The van der Waals surface area contributed by atoms with Gasteiger partial charge in [0.25, 0.3) is 0 Å². The van der Waals surface area contributed by atoms with E-state index < -0.39 is 5.97 Å². The number of unbranched alkanes of at least 4 members (excludes halogenated alkanes) is 11. The van der Waals surface area contributed by atoms with Gasteiger partial charge in [-0.1, -0.05) is 76.9 Å². The molecule has 0 aromatic rings. The van der Waals surface area contributed by atoms with Gasteiger partial charge in [0.15, 0.2) is 6.29 Å². The third-order valence-corrected chi connectivity index (χ3v) is 5.67. The van der Waals surface area contributed by atoms with E-state index in [2.05, 4.69) is 19.1 Å². The van der Waals surface area contributed by atoms with E-state index in [0.29, 0.717) is 0 Å². The molecular formula is C25H46O4. The lowest BCUT2D eigenvalue weighted by molar-refractivity contribution is -0.193. The van der Waals surface area contributed by atoms with Gasteiger partial charge in [-0.3, -0.25) is 4.79 Å². The van der Waals surface area contributed by atoms with Crippen LogP contribution in [0.5, 0.6) is 0 Å². The molecule has 1 fully saturated rings. The number of carbonyl (C=O) groups is 1. The summed E-state index contributed by atoms with van der Waals surface area (Å²) in [6, 6.07) is 0. The first-order valence-electron chi connectivity index (χ1n) is 12.4. The van der Waals surface area contributed by atoms with E-state index in [1.54, 1.807) is 0 Å². The number of allylic oxidation sites excluding steroid dienone is 2. The highest BCUT2D eigenvalue weighted by molar-refractivity contribution is 5.67. The summed E-state index contributed by atoms with van der Waals surface area (Å²) in [6.07, 6.45) is 24.9. The van der Waals surface area contributed by atoms with Crippen LogP contribution in [-0.4, -0.2) is 30.1 Å². The molecule has 4 nitrogen and oxygen atoms in total. The number of ether oxygens (including phenoxy) is 2. The van der Waals surface area contributed by atoms with Gasteiger partial charge >= 0.3 is 5.97 Å². The maximum absolute atomic E-state index is 11.1. The second-order valence-corrected chi connectivity index (χ2v) is 8.53. The minimum Gasteiger partial charge on any atom is -0.481 e. The van der Waals surface area contributed by atoms with Crippen molar-refractivity contribution < 1.29 is 19.4 Å². The van der Waals surface area contributed by atoms with Crippen molar-refractivity contribution in [3.8, 4) is 0 Å². The molecule has 170 valence electrons. The lowest BCUT2D eigenvalue weighted by atomic mass is 10.0. The van der Waals surface area contributed by atoms with Crippen molar-refractivity contribution in [2.24, 2.45) is 0 Å². The van der Waals surface area contributed by atoms with Gasteiger partial charge in [-0.25, -0.2) is 0 Å². The number of carboxylic acid groups (broad SMARTS) is 1. The molecule has 29 heavy (non-hydrogen) atoms. The van der Waals surface area contributed by atoms with Gasteiger partial charge in [-0.2, -0.15) is 0 Å². The molecule has 1 rings (SSSR count). The summed E-state index contributed by atoms with van der Waals surface area (Å²) in [5.41, 5.74) is 0. The molecule has 4 heteroatoms. The third kappa shape index (κ3) is 16.6. The second-order valence-electron chi connectivity index (χ2n) is 8.53. The zero-order valence-corrected chi connectivity index (χ0v) is 18.9. The Morgan fingerprint density at radius 3 is 2.17 bits per heavy atom. The molecule has 0 aromatic heterocycles. The summed E-state index contributed by atoms with van der Waals surface area (Å²) >= 11 is 0. The zero-order chi connectivity index (χ0) is 21.0. The summed E-state index contributed by atoms with van der Waals surface area (Å²) in [5, 5.41) is 9.11. The van der Waals surface area contributed by atoms with Crippen LogP contribution in [0.2, 0.25) is 0 Å². The van der Waals surface area contributed by atoms with Crippen LogP contribution in [0.3, 0.4) is 0 Å². The monoisotopic (exact) mass is 410 g/mol. The Labute approximate surface area is 179 Å². The van der Waals surface area contributed by atoms with Crippen LogP contribution >= 0.6 is 0 Å². The number of carboxylic acids is 1. The molecule has 0 aliphatic carbocycles. The normalized spacial score (nSPS) is 18.3. The first-order valence-corrected chi connectivity index (χ1v) is 12.4. The molecule has 1 N–H and O–H groups in total. The fourth-order valence-electron chi connectivity index (χ4n) is 3.89. The van der Waals surface area contributed by atoms with Crippen LogP contribution in [0.15, 0.2) is 12.2 Å². The van der Waals surface area contributed by atoms with Crippen molar-refractivity contribution in [2.75, 3.05) is 6.61 Å². The number of hydrogen-bond acceptors (Lipinski definition) is 3. The first-order chi connectivity index (χ1) is 14.2. The maximum atomic E-state index is 11.1. The van der Waals surface area contributed by atoms with Gasteiger partial charge in [0.05, 0.1) is 12.5 Å². The average Bonchev–Trinajstić information content (AvgIpc) is 2.71. The molecule has 0 spiro atoms. The summed E-state index contributed by atoms with van der Waals surface area (Å²) in [6.45, 7) is 3.00. The molecule has 1 aliphatic heterocycles. The Hall–Kier alpha value is -0.870. The second kappa shape index (κ2) is 19.1. The van der Waals surface area contributed by atoms with Crippen LogP contribution in [-0.2, 0) is 14.3 Å². The topological polar surface area (TPSA) is 55.8 Å². The predicted octanol–water partition coefficient (Wildman–Crippen LogP) is 7.41. The Balaban J connectivity index is 1.95. The van der Waals surface area contributed by atoms with Crippen LogP contribution < -0.4 is 0 Å². The van der Waals surface area contributed by atoms with E-state index in [1.807, 2.05) is 0 Å². The van der Waals surface area contributed by atoms with Crippen LogP contribution in [0.25, 0.3) is 0 Å². The number of aliphatic carboxylic acids is 1. The summed E-state index contributed by atoms with van der Waals surface area (Å²) in [7, 11) is 0. The third-order valence-electron chi connectivity index (χ3n) is 5.67. The van der Waals surface area contributed by atoms with Crippen molar-refractivity contribution in [3.63, 3.8) is 0 Å². The van der Waals surface area contributed by atoms with Crippen molar-refractivity contribution in [1.82, 2.24) is 0 Å². The minimum absolute atomic E-state index is 0.0866. The Morgan fingerprint density at radius 2 is 1.59 bits per heavy atom. The quantitative estimate of drug-likeness (QED) is 0.178. The molecule has 1 saturated heterocycles. The highest BCUT2D eigenvalue weighted by Crippen LogP contribution is 2.20. The molecule has 0 bridgehead atoms. The SMILES string of the molecule is CCCCCCCC/C=C\CCCCCCC[C@H](CC(=O)O)OC1CCCCO1. The molecule has 1 aliphatic rings. The number of hydrogen-bond donors (Lipinski definition) is 1. The van der Waals surface area contributed by atoms with E-state index in [4.69, 9.17) is 14.6 Å². The van der Waals surface area contributed by atoms with Crippen molar-refractivity contribution in [2.45, 2.75) is 135 Å². The Morgan fingerprint density at radius 1 is 0.966 bits per heavy atom. The van der Waals surface area contributed by atoms with Gasteiger partial charge in [0.1, 0.15) is 0 Å². The average molecular weight is 411 g/mol. The lowest BCUT2D eigenvalue weighted by Gasteiger charge is -2.27. The van der Waals surface area contributed by atoms with Crippen LogP contribution in [0.1, 0.15) is 122 Å². The predicted molar refractivity (Wildman–Crippen MR) is 120 cm³/mol. The molecule has 0 aromatic carbocycles. The van der Waals surface area contributed by atoms with E-state index in [0.717, 1.165) is 45.1 Å². The summed E-state index contributed by atoms with van der Waals surface area (Å²) < 4.78 is 11.5. The molecule has 2 atom stereocenters. The molecule has 0 amide bonds. The molecule has 0 radical (unpaired) electrons. The van der Waals surface area contributed by atoms with Crippen molar-refractivity contribution in [1.29, 1.82) is 0 Å². The Bertz CT molecular complexity index is 402. The van der Waals surface area contributed by atoms with Crippen LogP contribution in [0.4, 0.5) is 0 Å². The molecule has 1 heterocycles. The van der Waals surface area contributed by atoms with Gasteiger partial charge in [-0.05, 0) is 51.4 Å². The van der Waals surface area contributed by atoms with E-state index >= 15 is 0 Å². The van der Waals surface area contributed by atoms with Gasteiger partial charge in [0.2, 0.25) is 0 Å². The first kappa shape index (κ1) is 26.2. The van der Waals surface area contributed by atoms with Crippen molar-refractivity contribution in [3.05, 3.63) is 12.2 Å². The minimum atomic E-state index is -0.779. The van der Waals surface area contributed by atoms with Gasteiger partial charge in [0, 0.05) is 6.61 Å². The molecule has 0 saturated carbocycles. The summed E-state index contributed by atoms with van der Waals surface area (Å²) in [4.78, 5) is 11.1. The fraction of sp³-hybridized carbons (Fsp3) is 0.880. The standard InChI is InChI=1S/C25H46O4/c1-2-3-4-5-6-7-8-9-10-11-12-13-14-15-16-19-23(22-24(26)27)29-25-20-17-18-21-28-25/h9-10,23,25H,2-8,11-22H2,1H3,(H,26,27)/b10-9-/t23-,25?/m1/s1. The molecular weight excluding hydrogens is 364 g/mol. The van der Waals surface area contributed by atoms with E-state index in [1.165, 1.54) is 70.6 Å². The fourth-order valence-corrected chi connectivity index (χ4v) is 3.89. The van der Waals surface area contributed by atoms with Crippen molar-refractivity contribution >= 4 is 5.97 Å². The lowest BCUT2D eigenvalue weighted by Crippen LogP contribution is -2.29. The highest BCUT2D eigenvalue weighted by atomic mass is 16.7. The highest BCUT2D eigenvalue weighted by Gasteiger charge is 2.21. The van der Waals surface area contributed by atoms with Gasteiger partial charge < -0.3 is 14.6 Å². The Kier molecular flexibility index (Phi) is 17.2. The molecule has 1 unspecified atom stereocenters. The zero-order valence-electron chi connectivity index (χ0n) is 18.9. The smallest absolute Gasteiger partial charge is 0.305 e.